The highest BCUT2D eigenvalue weighted by atomic mass is 16.1. The number of carbonyl (C=O) groups is 1. The van der Waals surface area contributed by atoms with Gasteiger partial charge < -0.3 is 0 Å². The highest BCUT2D eigenvalue weighted by Crippen LogP contribution is 2.14. The number of allylic oxidation sites excluding steroid dienone is 6. The normalized spacial score (nSPS) is 17.5. The summed E-state index contributed by atoms with van der Waals surface area (Å²) >= 11 is 0. The fraction of sp³-hybridized carbons (Fsp3) is 0.0625. The maximum Gasteiger partial charge on any atom is 0.167 e. The Hall–Kier alpha value is -2.15. The van der Waals surface area contributed by atoms with Gasteiger partial charge in [0.25, 0.3) is 0 Å². The Kier molecular flexibility index (Phi) is 2.37. The number of ketones is 1. The third-order valence-corrected chi connectivity index (χ3v) is 3.09. The van der Waals surface area contributed by atoms with Gasteiger partial charge in [-0.05, 0) is 22.1 Å². The summed E-state index contributed by atoms with van der Waals surface area (Å²) in [5, 5.41) is 2.29. The van der Waals surface area contributed by atoms with E-state index in [4.69, 9.17) is 0 Å². The van der Waals surface area contributed by atoms with E-state index in [9.17, 15) is 4.79 Å². The van der Waals surface area contributed by atoms with Crippen molar-refractivity contribution in [1.82, 2.24) is 0 Å². The van der Waals surface area contributed by atoms with Crippen molar-refractivity contribution >= 4 is 17.4 Å². The van der Waals surface area contributed by atoms with Crippen LogP contribution in [0, 0.1) is 0 Å². The van der Waals surface area contributed by atoms with Crippen molar-refractivity contribution in [3.8, 4) is 0 Å². The molecule has 0 radical (unpaired) electrons. The number of fused-ring (bicyclic) bond motifs is 4. The average molecular weight is 220 g/mol. The molecule has 0 heterocycles. The number of rotatable bonds is 0. The summed E-state index contributed by atoms with van der Waals surface area (Å²) < 4.78 is 0. The van der Waals surface area contributed by atoms with Crippen molar-refractivity contribution in [2.45, 2.75) is 6.42 Å². The maximum absolute atomic E-state index is 12.1. The lowest BCUT2D eigenvalue weighted by Crippen LogP contribution is -2.25. The van der Waals surface area contributed by atoms with Crippen LogP contribution in [-0.4, -0.2) is 5.78 Å². The minimum absolute atomic E-state index is 0.187. The summed E-state index contributed by atoms with van der Waals surface area (Å²) in [6.07, 6.45) is 12.2. The average Bonchev–Trinajstić information content (AvgIpc) is 2.42. The van der Waals surface area contributed by atoms with Gasteiger partial charge in [-0.1, -0.05) is 54.6 Å². The molecule has 3 rings (SSSR count). The molecule has 0 spiro atoms. The zero-order valence-electron chi connectivity index (χ0n) is 9.39. The van der Waals surface area contributed by atoms with Crippen LogP contribution in [0.2, 0.25) is 0 Å². The van der Waals surface area contributed by atoms with Crippen LogP contribution in [0.15, 0.2) is 60.2 Å². The van der Waals surface area contributed by atoms with Crippen LogP contribution in [0.3, 0.4) is 0 Å². The molecule has 1 aromatic carbocycles. The molecule has 0 unspecified atom stereocenters. The van der Waals surface area contributed by atoms with Crippen LogP contribution >= 0.6 is 0 Å². The molecule has 0 atom stereocenters. The highest BCUT2D eigenvalue weighted by molar-refractivity contribution is 6.08. The summed E-state index contributed by atoms with van der Waals surface area (Å²) in [6.45, 7) is 0. The molecule has 2 aliphatic rings. The van der Waals surface area contributed by atoms with Crippen molar-refractivity contribution in [1.29, 1.82) is 0 Å². The molecule has 2 aliphatic carbocycles. The Balaban J connectivity index is 2.48. The van der Waals surface area contributed by atoms with Crippen molar-refractivity contribution in [3.05, 3.63) is 70.7 Å². The number of benzene rings is 1. The maximum atomic E-state index is 12.1. The molecule has 82 valence electrons. The second-order valence-corrected chi connectivity index (χ2v) is 4.22. The Labute approximate surface area is 99.8 Å². The Morgan fingerprint density at radius 2 is 1.88 bits per heavy atom. The van der Waals surface area contributed by atoms with E-state index in [0.717, 1.165) is 21.6 Å². The fourth-order valence-electron chi connectivity index (χ4n) is 2.22. The smallest absolute Gasteiger partial charge is 0.167 e. The first-order chi connectivity index (χ1) is 8.34. The van der Waals surface area contributed by atoms with Gasteiger partial charge in [-0.2, -0.15) is 0 Å². The SMILES string of the molecule is O=C1CC2=c3ccccc3=CC1=CC=CC=C2. The van der Waals surface area contributed by atoms with Gasteiger partial charge in [0, 0.05) is 12.0 Å². The predicted octanol–water partition coefficient (Wildman–Crippen LogP) is 1.64. The molecule has 2 bridgehead atoms. The second-order valence-electron chi connectivity index (χ2n) is 4.22. The summed E-state index contributed by atoms with van der Waals surface area (Å²) in [5.41, 5.74) is 1.88. The molecule has 0 fully saturated rings. The number of hydrogen-bond acceptors (Lipinski definition) is 1. The van der Waals surface area contributed by atoms with E-state index < -0.39 is 0 Å². The molecule has 17 heavy (non-hydrogen) atoms. The first-order valence-electron chi connectivity index (χ1n) is 5.73. The molecule has 0 saturated heterocycles. The lowest BCUT2D eigenvalue weighted by molar-refractivity contribution is -0.114. The predicted molar refractivity (Wildman–Crippen MR) is 69.6 cm³/mol. The van der Waals surface area contributed by atoms with Gasteiger partial charge in [0.05, 0.1) is 0 Å². The highest BCUT2D eigenvalue weighted by Gasteiger charge is 2.12. The minimum Gasteiger partial charge on any atom is -0.294 e. The summed E-state index contributed by atoms with van der Waals surface area (Å²) in [4.78, 5) is 12.1. The lowest BCUT2D eigenvalue weighted by atomic mass is 10.0. The second kappa shape index (κ2) is 4.02. The Morgan fingerprint density at radius 3 is 2.82 bits per heavy atom. The minimum atomic E-state index is 0.187. The van der Waals surface area contributed by atoms with E-state index in [-0.39, 0.29) is 5.78 Å². The van der Waals surface area contributed by atoms with Gasteiger partial charge in [-0.15, -0.1) is 0 Å². The van der Waals surface area contributed by atoms with Gasteiger partial charge in [-0.3, -0.25) is 4.79 Å². The van der Waals surface area contributed by atoms with Gasteiger partial charge >= 0.3 is 0 Å². The Bertz CT molecular complexity index is 684. The lowest BCUT2D eigenvalue weighted by Gasteiger charge is -1.98. The van der Waals surface area contributed by atoms with E-state index >= 15 is 0 Å². The van der Waals surface area contributed by atoms with Gasteiger partial charge in [0.2, 0.25) is 0 Å². The zero-order valence-corrected chi connectivity index (χ0v) is 9.39. The van der Waals surface area contributed by atoms with E-state index in [2.05, 4.69) is 12.1 Å². The molecule has 1 aromatic rings. The van der Waals surface area contributed by atoms with Crippen LogP contribution in [0.1, 0.15) is 6.42 Å². The van der Waals surface area contributed by atoms with Crippen molar-refractivity contribution in [3.63, 3.8) is 0 Å². The number of carbonyl (C=O) groups excluding carboxylic acids is 1. The van der Waals surface area contributed by atoms with E-state index in [1.165, 1.54) is 0 Å². The molecule has 0 amide bonds. The Morgan fingerprint density at radius 1 is 1.00 bits per heavy atom. The fourth-order valence-corrected chi connectivity index (χ4v) is 2.22. The first-order valence-corrected chi connectivity index (χ1v) is 5.73. The summed E-state index contributed by atoms with van der Waals surface area (Å²) in [5.74, 6) is 0.187. The zero-order chi connectivity index (χ0) is 11.7. The van der Waals surface area contributed by atoms with Gasteiger partial charge in [-0.25, -0.2) is 0 Å². The number of Topliss-reactive ketones (excluding diaryl/α,β-unsaturated/α-hetero) is 1. The quantitative estimate of drug-likeness (QED) is 0.649. The van der Waals surface area contributed by atoms with Gasteiger partial charge in [0.1, 0.15) is 0 Å². The van der Waals surface area contributed by atoms with Crippen molar-refractivity contribution in [2.75, 3.05) is 0 Å². The summed E-state index contributed by atoms with van der Waals surface area (Å²) in [6, 6.07) is 8.15. The molecule has 0 aromatic heterocycles. The standard InChI is InChI=1S/C16H12O/c17-16-11-13-6-2-1-3-8-14(16)10-12-7-4-5-9-15(12)13/h1-10H,11H2. The third kappa shape index (κ3) is 1.80. The van der Waals surface area contributed by atoms with Crippen LogP contribution < -0.4 is 10.4 Å². The number of hydrogen-bond donors (Lipinski definition) is 0. The van der Waals surface area contributed by atoms with Crippen LogP contribution in [-0.2, 0) is 4.79 Å². The topological polar surface area (TPSA) is 17.1 Å². The van der Waals surface area contributed by atoms with E-state index in [1.807, 2.05) is 48.6 Å². The molecule has 0 aliphatic heterocycles. The summed E-state index contributed by atoms with van der Waals surface area (Å²) in [7, 11) is 0. The van der Waals surface area contributed by atoms with E-state index in [0.29, 0.717) is 6.42 Å². The monoisotopic (exact) mass is 220 g/mol. The largest absolute Gasteiger partial charge is 0.294 e. The molecular weight excluding hydrogens is 208 g/mol. The van der Waals surface area contributed by atoms with Crippen LogP contribution in [0.25, 0.3) is 11.6 Å². The van der Waals surface area contributed by atoms with Gasteiger partial charge in [0.15, 0.2) is 5.78 Å². The third-order valence-electron chi connectivity index (χ3n) is 3.09. The molecule has 0 saturated carbocycles. The first kappa shape index (κ1) is 10.0. The van der Waals surface area contributed by atoms with Crippen LogP contribution in [0.4, 0.5) is 0 Å². The van der Waals surface area contributed by atoms with E-state index in [1.54, 1.807) is 0 Å². The van der Waals surface area contributed by atoms with Crippen molar-refractivity contribution in [2.24, 2.45) is 0 Å². The molecule has 0 N–H and O–H groups in total. The van der Waals surface area contributed by atoms with Crippen LogP contribution in [0.5, 0.6) is 0 Å². The van der Waals surface area contributed by atoms with Crippen molar-refractivity contribution < 1.29 is 4.79 Å². The molecule has 1 nitrogen and oxygen atoms in total. The molecular formula is C16H12O. The molecule has 1 heteroatoms.